The lowest BCUT2D eigenvalue weighted by Gasteiger charge is -2.36. The molecule has 0 spiro atoms. The van der Waals surface area contributed by atoms with Crippen molar-refractivity contribution in [2.24, 2.45) is 0 Å². The van der Waals surface area contributed by atoms with Crippen LogP contribution < -0.4 is 19.7 Å². The number of piperidine rings is 1. The molecule has 1 atom stereocenters. The Morgan fingerprint density at radius 2 is 1.88 bits per heavy atom. The average Bonchev–Trinajstić information content (AvgIpc) is 3.51. The summed E-state index contributed by atoms with van der Waals surface area (Å²) in [6, 6.07) is 15.7. The first-order valence-electron chi connectivity index (χ1n) is 11.7. The van der Waals surface area contributed by atoms with Crippen molar-refractivity contribution in [1.82, 2.24) is 5.16 Å². The topological polar surface area (TPSA) is 76.8 Å². The highest BCUT2D eigenvalue weighted by molar-refractivity contribution is 6.28. The fourth-order valence-electron chi connectivity index (χ4n) is 5.45. The zero-order chi connectivity index (χ0) is 22.8. The summed E-state index contributed by atoms with van der Waals surface area (Å²) in [5, 5.41) is 8.77. The van der Waals surface area contributed by atoms with Crippen molar-refractivity contribution in [2.75, 3.05) is 23.6 Å². The van der Waals surface area contributed by atoms with E-state index in [0.29, 0.717) is 28.7 Å². The van der Waals surface area contributed by atoms with Gasteiger partial charge in [0.2, 0.25) is 6.79 Å². The Balaban J connectivity index is 1.46. The monoisotopic (exact) mass is 453 g/mol. The second-order valence-corrected chi connectivity index (χ2v) is 9.16. The SMILES string of the molecule is C[C@H]1CCCCN1c1cc(Nc2ccc3c(c2)OCO3)c2c3c(onc13)-c1ccccc1C2=O. The van der Waals surface area contributed by atoms with E-state index in [2.05, 4.69) is 28.4 Å². The molecule has 2 aliphatic heterocycles. The third-order valence-electron chi connectivity index (χ3n) is 7.14. The van der Waals surface area contributed by atoms with Crippen LogP contribution in [0.25, 0.3) is 22.2 Å². The standard InChI is InChI=1S/C27H23N3O4/c1-15-6-4-5-11-30(15)20-13-19(28-16-9-10-21-22(12-16)33-14-32-21)23-24-25(20)29-34-27(24)18-8-3-2-7-17(18)26(23)31/h2-3,7-10,12-13,15,28H,4-6,11,14H2,1H3/t15-/m0/s1. The van der Waals surface area contributed by atoms with Gasteiger partial charge in [0.25, 0.3) is 0 Å². The van der Waals surface area contributed by atoms with E-state index in [1.807, 2.05) is 42.5 Å². The summed E-state index contributed by atoms with van der Waals surface area (Å²) in [6.07, 6.45) is 3.47. The molecule has 3 heterocycles. The van der Waals surface area contributed by atoms with Gasteiger partial charge >= 0.3 is 0 Å². The quantitative estimate of drug-likeness (QED) is 0.365. The van der Waals surface area contributed by atoms with Crippen molar-refractivity contribution in [3.05, 3.63) is 59.7 Å². The van der Waals surface area contributed by atoms with Gasteiger partial charge < -0.3 is 24.2 Å². The summed E-state index contributed by atoms with van der Waals surface area (Å²) < 4.78 is 16.9. The van der Waals surface area contributed by atoms with Gasteiger partial charge in [0.05, 0.1) is 22.3 Å². The molecule has 1 N–H and O–H groups in total. The highest BCUT2D eigenvalue weighted by Gasteiger charge is 2.34. The van der Waals surface area contributed by atoms with E-state index in [1.54, 1.807) is 0 Å². The van der Waals surface area contributed by atoms with Crippen LogP contribution in [0.2, 0.25) is 0 Å². The molecule has 1 fully saturated rings. The van der Waals surface area contributed by atoms with Crippen LogP contribution in [0, 0.1) is 0 Å². The van der Waals surface area contributed by atoms with Crippen LogP contribution in [0.1, 0.15) is 42.1 Å². The first-order chi connectivity index (χ1) is 16.7. The Labute approximate surface area is 196 Å². The van der Waals surface area contributed by atoms with Gasteiger partial charge in [-0.3, -0.25) is 4.79 Å². The Morgan fingerprint density at radius 1 is 1.03 bits per heavy atom. The van der Waals surface area contributed by atoms with Crippen molar-refractivity contribution in [2.45, 2.75) is 32.2 Å². The summed E-state index contributed by atoms with van der Waals surface area (Å²) >= 11 is 0. The van der Waals surface area contributed by atoms with E-state index < -0.39 is 0 Å². The molecule has 7 nitrogen and oxygen atoms in total. The number of fused-ring (bicyclic) bond motifs is 3. The molecule has 170 valence electrons. The minimum atomic E-state index is -0.0298. The lowest BCUT2D eigenvalue weighted by atomic mass is 9.86. The van der Waals surface area contributed by atoms with E-state index in [-0.39, 0.29) is 12.6 Å². The molecule has 3 aromatic carbocycles. The maximum absolute atomic E-state index is 13.8. The molecule has 1 saturated heterocycles. The zero-order valence-electron chi connectivity index (χ0n) is 18.8. The number of nitrogens with zero attached hydrogens (tertiary/aromatic N) is 2. The fourth-order valence-corrected chi connectivity index (χ4v) is 5.45. The van der Waals surface area contributed by atoms with E-state index in [4.69, 9.17) is 14.0 Å². The number of benzene rings is 3. The molecule has 3 aliphatic rings. The molecule has 0 saturated carbocycles. The number of anilines is 3. The predicted molar refractivity (Wildman–Crippen MR) is 129 cm³/mol. The minimum Gasteiger partial charge on any atom is -0.454 e. The highest BCUT2D eigenvalue weighted by atomic mass is 16.7. The highest BCUT2D eigenvalue weighted by Crippen LogP contribution is 2.47. The van der Waals surface area contributed by atoms with Crippen LogP contribution in [-0.2, 0) is 0 Å². The number of ketones is 1. The predicted octanol–water partition coefficient (Wildman–Crippen LogP) is 5.89. The van der Waals surface area contributed by atoms with Gasteiger partial charge in [0.15, 0.2) is 23.0 Å². The van der Waals surface area contributed by atoms with Gasteiger partial charge in [-0.2, -0.15) is 0 Å². The summed E-state index contributed by atoms with van der Waals surface area (Å²) in [6.45, 7) is 3.41. The molecule has 0 unspecified atom stereocenters. The number of carbonyl (C=O) groups excluding carboxylic acids is 1. The summed E-state index contributed by atoms with van der Waals surface area (Å²) in [7, 11) is 0. The molecule has 7 heteroatoms. The van der Waals surface area contributed by atoms with Gasteiger partial charge in [0, 0.05) is 35.5 Å². The number of nitrogens with one attached hydrogen (secondary N) is 1. The van der Waals surface area contributed by atoms with E-state index >= 15 is 0 Å². The summed E-state index contributed by atoms with van der Waals surface area (Å²) in [5.74, 6) is 2.03. The van der Waals surface area contributed by atoms with Gasteiger partial charge in [-0.15, -0.1) is 0 Å². The van der Waals surface area contributed by atoms with Crippen molar-refractivity contribution in [3.8, 4) is 22.8 Å². The smallest absolute Gasteiger partial charge is 0.231 e. The maximum atomic E-state index is 13.8. The lowest BCUT2D eigenvalue weighted by Crippen LogP contribution is -2.37. The first kappa shape index (κ1) is 19.5. The van der Waals surface area contributed by atoms with Crippen LogP contribution in [-0.4, -0.2) is 30.3 Å². The van der Waals surface area contributed by atoms with Gasteiger partial charge in [-0.05, 0) is 44.4 Å². The van der Waals surface area contributed by atoms with Gasteiger partial charge in [-0.25, -0.2) is 0 Å². The molecule has 4 aromatic rings. The van der Waals surface area contributed by atoms with Crippen LogP contribution in [0.3, 0.4) is 0 Å². The van der Waals surface area contributed by atoms with Gasteiger partial charge in [0.1, 0.15) is 5.52 Å². The number of hydrogen-bond acceptors (Lipinski definition) is 7. The third kappa shape index (κ3) is 2.76. The Morgan fingerprint density at radius 3 is 2.76 bits per heavy atom. The Hall–Kier alpha value is -4.00. The number of carbonyl (C=O) groups is 1. The Bertz CT molecular complexity index is 1470. The molecular weight excluding hydrogens is 430 g/mol. The van der Waals surface area contributed by atoms with Crippen LogP contribution in [0.5, 0.6) is 11.5 Å². The number of hydrogen-bond donors (Lipinski definition) is 1. The van der Waals surface area contributed by atoms with Crippen molar-refractivity contribution >= 4 is 33.7 Å². The van der Waals surface area contributed by atoms with E-state index in [1.165, 1.54) is 6.42 Å². The molecular formula is C27H23N3O4. The van der Waals surface area contributed by atoms with Crippen molar-refractivity contribution in [3.63, 3.8) is 0 Å². The van der Waals surface area contributed by atoms with Crippen molar-refractivity contribution in [1.29, 1.82) is 0 Å². The van der Waals surface area contributed by atoms with Crippen LogP contribution in [0.15, 0.2) is 53.1 Å². The number of aromatic nitrogens is 1. The molecule has 34 heavy (non-hydrogen) atoms. The van der Waals surface area contributed by atoms with Crippen molar-refractivity contribution < 1.29 is 18.8 Å². The van der Waals surface area contributed by atoms with Gasteiger partial charge in [-0.1, -0.05) is 29.4 Å². The molecule has 0 bridgehead atoms. The minimum absolute atomic E-state index is 0.0298. The van der Waals surface area contributed by atoms with E-state index in [9.17, 15) is 4.79 Å². The summed E-state index contributed by atoms with van der Waals surface area (Å²) in [4.78, 5) is 16.2. The van der Waals surface area contributed by atoms with Crippen LogP contribution >= 0.6 is 0 Å². The molecule has 1 aromatic heterocycles. The Kier molecular flexibility index (Phi) is 4.15. The second-order valence-electron chi connectivity index (χ2n) is 9.16. The molecule has 0 radical (unpaired) electrons. The molecule has 7 rings (SSSR count). The summed E-state index contributed by atoms with van der Waals surface area (Å²) in [5.41, 5.74) is 5.32. The third-order valence-corrected chi connectivity index (χ3v) is 7.14. The number of ether oxygens (including phenoxy) is 2. The molecule has 0 amide bonds. The molecule has 1 aliphatic carbocycles. The fraction of sp³-hybridized carbons (Fsp3) is 0.259. The van der Waals surface area contributed by atoms with Crippen LogP contribution in [0.4, 0.5) is 17.1 Å². The lowest BCUT2D eigenvalue weighted by molar-refractivity contribution is 0.104. The number of rotatable bonds is 3. The maximum Gasteiger partial charge on any atom is 0.231 e. The van der Waals surface area contributed by atoms with E-state index in [0.717, 1.165) is 58.7 Å². The first-order valence-corrected chi connectivity index (χ1v) is 11.7. The second kappa shape index (κ2) is 7.25. The normalized spacial score (nSPS) is 18.3. The largest absolute Gasteiger partial charge is 0.454 e. The zero-order valence-corrected chi connectivity index (χ0v) is 18.8. The average molecular weight is 453 g/mol.